The Bertz CT molecular complexity index is 60.0. The van der Waals surface area contributed by atoms with Gasteiger partial charge in [-0.3, -0.25) is 0 Å². The quantitative estimate of drug-likeness (QED) is 0.254. The summed E-state index contributed by atoms with van der Waals surface area (Å²) in [5.41, 5.74) is 0. The lowest BCUT2D eigenvalue weighted by atomic mass is 10.4. The molecule has 0 amide bonds. The minimum absolute atomic E-state index is 0. The van der Waals surface area contributed by atoms with Crippen LogP contribution in [-0.4, -0.2) is 44.0 Å². The number of halogens is 1. The van der Waals surface area contributed by atoms with Crippen molar-refractivity contribution in [1.29, 1.82) is 0 Å². The Morgan fingerprint density at radius 3 is 1.62 bits per heavy atom. The van der Waals surface area contributed by atoms with Crippen LogP contribution in [0.4, 0.5) is 0 Å². The standard InChI is InChI=1S/C3H7ClO3.Al/c1-2(5)3(4,6)7;/h2,5-7H,1H3;. The van der Waals surface area contributed by atoms with Crippen LogP contribution in [0.5, 0.6) is 0 Å². The van der Waals surface area contributed by atoms with Gasteiger partial charge in [0.15, 0.2) is 0 Å². The third-order valence-corrected chi connectivity index (χ3v) is 0.847. The lowest BCUT2D eigenvalue weighted by Gasteiger charge is -2.14. The van der Waals surface area contributed by atoms with Gasteiger partial charge < -0.3 is 15.3 Å². The minimum atomic E-state index is -2.47. The maximum Gasteiger partial charge on any atom is 0.270 e. The molecule has 0 aromatic rings. The van der Waals surface area contributed by atoms with E-state index in [2.05, 4.69) is 0 Å². The van der Waals surface area contributed by atoms with Crippen molar-refractivity contribution >= 4 is 29.0 Å². The van der Waals surface area contributed by atoms with Crippen LogP contribution in [0.1, 0.15) is 6.92 Å². The van der Waals surface area contributed by atoms with Crippen LogP contribution in [0, 0.1) is 0 Å². The predicted octanol–water partition coefficient (Wildman–Crippen LogP) is -1.14. The Labute approximate surface area is 63.0 Å². The first-order valence-corrected chi connectivity index (χ1v) is 2.14. The maximum absolute atomic E-state index is 8.26. The second-order valence-corrected chi connectivity index (χ2v) is 1.87. The predicted molar refractivity (Wildman–Crippen MR) is 30.5 cm³/mol. The van der Waals surface area contributed by atoms with E-state index in [-0.39, 0.29) is 17.4 Å². The molecule has 0 rings (SSSR count). The summed E-state index contributed by atoms with van der Waals surface area (Å²) < 4.78 is 0. The van der Waals surface area contributed by atoms with Crippen molar-refractivity contribution in [1.82, 2.24) is 0 Å². The molecule has 1 atom stereocenters. The van der Waals surface area contributed by atoms with E-state index in [0.717, 1.165) is 0 Å². The van der Waals surface area contributed by atoms with Crippen molar-refractivity contribution in [2.75, 3.05) is 0 Å². The van der Waals surface area contributed by atoms with E-state index in [4.69, 9.17) is 26.9 Å². The highest BCUT2D eigenvalue weighted by atomic mass is 35.5. The van der Waals surface area contributed by atoms with Crippen molar-refractivity contribution in [2.45, 2.75) is 18.3 Å². The van der Waals surface area contributed by atoms with Crippen molar-refractivity contribution in [3.63, 3.8) is 0 Å². The summed E-state index contributed by atoms with van der Waals surface area (Å²) in [5.74, 6) is 0. The molecule has 0 aliphatic carbocycles. The molecule has 0 aliphatic heterocycles. The first-order chi connectivity index (χ1) is 2.94. The van der Waals surface area contributed by atoms with Crippen molar-refractivity contribution in [3.05, 3.63) is 0 Å². The van der Waals surface area contributed by atoms with Gasteiger partial charge in [0.1, 0.15) is 6.10 Å². The summed E-state index contributed by atoms with van der Waals surface area (Å²) in [6.07, 6.45) is -1.32. The SMILES string of the molecule is CC(O)C(O)(O)Cl.[Al]. The summed E-state index contributed by atoms with van der Waals surface area (Å²) in [5, 5.41) is 22.1. The molecule has 0 aromatic carbocycles. The van der Waals surface area contributed by atoms with E-state index in [9.17, 15) is 0 Å². The third kappa shape index (κ3) is 4.85. The van der Waals surface area contributed by atoms with E-state index in [1.807, 2.05) is 0 Å². The number of rotatable bonds is 1. The maximum atomic E-state index is 8.26. The first-order valence-electron chi connectivity index (χ1n) is 1.76. The van der Waals surface area contributed by atoms with E-state index in [0.29, 0.717) is 0 Å². The van der Waals surface area contributed by atoms with E-state index in [1.165, 1.54) is 6.92 Å². The zero-order valence-corrected chi connectivity index (χ0v) is 6.28. The van der Waals surface area contributed by atoms with Gasteiger partial charge in [0.05, 0.1) is 0 Å². The lowest BCUT2D eigenvalue weighted by Crippen LogP contribution is -2.33. The number of hydrogen-bond acceptors (Lipinski definition) is 3. The highest BCUT2D eigenvalue weighted by Gasteiger charge is 2.25. The molecule has 0 heterocycles. The molecule has 3 radical (unpaired) electrons. The molecule has 0 bridgehead atoms. The van der Waals surface area contributed by atoms with Gasteiger partial charge in [0, 0.05) is 17.4 Å². The fourth-order valence-electron chi connectivity index (χ4n) is 0. The molecule has 0 aromatic heterocycles. The normalized spacial score (nSPS) is 14.6. The van der Waals surface area contributed by atoms with Crippen molar-refractivity contribution < 1.29 is 15.3 Å². The highest BCUT2D eigenvalue weighted by Crippen LogP contribution is 2.09. The lowest BCUT2D eigenvalue weighted by molar-refractivity contribution is -0.153. The molecule has 1 unspecified atom stereocenters. The molecular weight excluding hydrogens is 146 g/mol. The summed E-state index contributed by atoms with van der Waals surface area (Å²) in [6, 6.07) is 0. The molecule has 0 spiro atoms. The van der Waals surface area contributed by atoms with Gasteiger partial charge in [0.25, 0.3) is 5.25 Å². The summed E-state index contributed by atoms with van der Waals surface area (Å²) in [7, 11) is 0. The van der Waals surface area contributed by atoms with Crippen molar-refractivity contribution in [2.24, 2.45) is 0 Å². The van der Waals surface area contributed by atoms with Crippen LogP contribution in [-0.2, 0) is 0 Å². The van der Waals surface area contributed by atoms with Gasteiger partial charge in [-0.15, -0.1) is 0 Å². The summed E-state index contributed by atoms with van der Waals surface area (Å²) in [4.78, 5) is 0. The third-order valence-electron chi connectivity index (χ3n) is 0.532. The van der Waals surface area contributed by atoms with E-state index < -0.39 is 11.4 Å². The zero-order chi connectivity index (χ0) is 6.08. The highest BCUT2D eigenvalue weighted by molar-refractivity contribution is 6.21. The molecule has 5 heteroatoms. The number of hydrogen-bond donors (Lipinski definition) is 3. The van der Waals surface area contributed by atoms with Crippen LogP contribution in [0.25, 0.3) is 0 Å². The monoisotopic (exact) mass is 153 g/mol. The van der Waals surface area contributed by atoms with Gasteiger partial charge >= 0.3 is 0 Å². The smallest absolute Gasteiger partial charge is 0.270 e. The molecule has 3 nitrogen and oxygen atoms in total. The fraction of sp³-hybridized carbons (Fsp3) is 1.00. The molecule has 0 aliphatic rings. The molecule has 8 heavy (non-hydrogen) atoms. The van der Waals surface area contributed by atoms with Gasteiger partial charge in [-0.25, -0.2) is 0 Å². The van der Waals surface area contributed by atoms with Gasteiger partial charge in [0.2, 0.25) is 0 Å². The van der Waals surface area contributed by atoms with Crippen LogP contribution in [0.3, 0.4) is 0 Å². The topological polar surface area (TPSA) is 60.7 Å². The van der Waals surface area contributed by atoms with Gasteiger partial charge in [-0.2, -0.15) is 0 Å². The second-order valence-electron chi connectivity index (χ2n) is 1.31. The fourth-order valence-corrected chi connectivity index (χ4v) is 0. The first kappa shape index (κ1) is 11.5. The molecule has 0 saturated carbocycles. The van der Waals surface area contributed by atoms with Crippen LogP contribution < -0.4 is 0 Å². The summed E-state index contributed by atoms with van der Waals surface area (Å²) in [6.45, 7) is 1.17. The number of aliphatic hydroxyl groups excluding tert-OH is 1. The molecule has 47 valence electrons. The Balaban J connectivity index is 0. The number of alkyl halides is 1. The zero-order valence-electron chi connectivity index (χ0n) is 4.37. The van der Waals surface area contributed by atoms with Crippen LogP contribution in [0.2, 0.25) is 0 Å². The molecule has 0 saturated heterocycles. The second kappa shape index (κ2) is 3.68. The number of aliphatic hydroxyl groups is 3. The molecular formula is C3H7AlClO3. The van der Waals surface area contributed by atoms with Gasteiger partial charge in [-0.05, 0) is 6.92 Å². The Kier molecular flexibility index (Phi) is 5.28. The minimum Gasteiger partial charge on any atom is -0.386 e. The van der Waals surface area contributed by atoms with Crippen LogP contribution in [0.15, 0.2) is 0 Å². The average molecular weight is 154 g/mol. The Morgan fingerprint density at radius 2 is 1.62 bits per heavy atom. The summed E-state index contributed by atoms with van der Waals surface area (Å²) >= 11 is 4.73. The Hall–Kier alpha value is 0.702. The van der Waals surface area contributed by atoms with Crippen molar-refractivity contribution in [3.8, 4) is 0 Å². The van der Waals surface area contributed by atoms with E-state index >= 15 is 0 Å². The van der Waals surface area contributed by atoms with Crippen LogP contribution >= 0.6 is 11.6 Å². The Morgan fingerprint density at radius 1 is 1.50 bits per heavy atom. The van der Waals surface area contributed by atoms with E-state index in [1.54, 1.807) is 0 Å². The largest absolute Gasteiger partial charge is 0.386 e. The average Bonchev–Trinajstić information content (AvgIpc) is 1.31. The molecule has 0 fully saturated rings. The van der Waals surface area contributed by atoms with Gasteiger partial charge in [-0.1, -0.05) is 11.6 Å². The molecule has 3 N–H and O–H groups in total.